The molecule has 0 unspecified atom stereocenters. The van der Waals surface area contributed by atoms with Crippen LogP contribution in [0.3, 0.4) is 0 Å². The molecule has 4 nitrogen and oxygen atoms in total. The summed E-state index contributed by atoms with van der Waals surface area (Å²) in [7, 11) is 0. The van der Waals surface area contributed by atoms with Crippen LogP contribution in [0.2, 0.25) is 0 Å². The minimum atomic E-state index is 0.267. The zero-order valence-electron chi connectivity index (χ0n) is 7.77. The van der Waals surface area contributed by atoms with E-state index in [1.807, 2.05) is 0 Å². The number of pyridine rings is 1. The molecule has 1 aliphatic rings. The van der Waals surface area contributed by atoms with Crippen molar-refractivity contribution in [3.63, 3.8) is 0 Å². The Morgan fingerprint density at radius 2 is 2.36 bits per heavy atom. The van der Waals surface area contributed by atoms with E-state index >= 15 is 0 Å². The van der Waals surface area contributed by atoms with Gasteiger partial charge in [-0.3, -0.25) is 9.78 Å². The highest BCUT2D eigenvalue weighted by Gasteiger charge is 2.25. The zero-order valence-corrected chi connectivity index (χ0v) is 7.77. The Morgan fingerprint density at radius 1 is 1.57 bits per heavy atom. The van der Waals surface area contributed by atoms with E-state index in [4.69, 9.17) is 10.5 Å². The van der Waals surface area contributed by atoms with E-state index in [1.54, 1.807) is 12.4 Å². The predicted molar refractivity (Wildman–Crippen MR) is 51.2 cm³/mol. The third-order valence-electron chi connectivity index (χ3n) is 2.19. The molecule has 0 radical (unpaired) electrons. The largest absolute Gasteiger partial charge is 0.488 e. The molecule has 14 heavy (non-hydrogen) atoms. The number of nitrogens with zero attached hydrogens (tertiary/aromatic N) is 1. The van der Waals surface area contributed by atoms with Crippen molar-refractivity contribution in [2.24, 2.45) is 5.73 Å². The molecule has 0 aromatic carbocycles. The molecule has 0 bridgehead atoms. The molecule has 0 atom stereocenters. The van der Waals surface area contributed by atoms with Crippen molar-refractivity contribution in [2.75, 3.05) is 0 Å². The van der Waals surface area contributed by atoms with Gasteiger partial charge in [0, 0.05) is 12.7 Å². The van der Waals surface area contributed by atoms with E-state index in [0.29, 0.717) is 17.9 Å². The summed E-state index contributed by atoms with van der Waals surface area (Å²) < 4.78 is 5.54. The van der Waals surface area contributed by atoms with E-state index in [9.17, 15) is 4.79 Å². The highest BCUT2D eigenvalue weighted by molar-refractivity contribution is 5.81. The second-order valence-electron chi connectivity index (χ2n) is 3.35. The molecule has 2 rings (SSSR count). The van der Waals surface area contributed by atoms with Gasteiger partial charge in [0.05, 0.1) is 17.9 Å². The lowest BCUT2D eigenvalue weighted by molar-refractivity contribution is 0.111. The minimum Gasteiger partial charge on any atom is -0.488 e. The fourth-order valence-corrected chi connectivity index (χ4v) is 1.25. The molecule has 1 aromatic heterocycles. The van der Waals surface area contributed by atoms with Crippen molar-refractivity contribution in [1.29, 1.82) is 0 Å². The minimum absolute atomic E-state index is 0.267. The summed E-state index contributed by atoms with van der Waals surface area (Å²) >= 11 is 0. The van der Waals surface area contributed by atoms with Gasteiger partial charge in [-0.05, 0) is 18.4 Å². The number of hydrogen-bond donors (Lipinski definition) is 1. The smallest absolute Gasteiger partial charge is 0.154 e. The Kier molecular flexibility index (Phi) is 2.45. The quantitative estimate of drug-likeness (QED) is 0.719. The maximum absolute atomic E-state index is 10.8. The van der Waals surface area contributed by atoms with Crippen molar-refractivity contribution >= 4 is 6.29 Å². The van der Waals surface area contributed by atoms with Crippen LogP contribution in [0.1, 0.15) is 28.8 Å². The van der Waals surface area contributed by atoms with Crippen LogP contribution < -0.4 is 10.5 Å². The molecule has 1 aliphatic carbocycles. The van der Waals surface area contributed by atoms with Crippen LogP contribution in [-0.4, -0.2) is 17.4 Å². The topological polar surface area (TPSA) is 65.2 Å². The maximum atomic E-state index is 10.8. The Morgan fingerprint density at radius 3 is 2.93 bits per heavy atom. The lowest BCUT2D eigenvalue weighted by Gasteiger charge is -2.08. The number of hydrogen-bond acceptors (Lipinski definition) is 4. The number of aromatic nitrogens is 1. The van der Waals surface area contributed by atoms with Crippen molar-refractivity contribution in [3.05, 3.63) is 23.5 Å². The van der Waals surface area contributed by atoms with Gasteiger partial charge >= 0.3 is 0 Å². The van der Waals surface area contributed by atoms with Crippen molar-refractivity contribution in [3.8, 4) is 5.75 Å². The van der Waals surface area contributed by atoms with Crippen LogP contribution in [0.4, 0.5) is 0 Å². The fraction of sp³-hybridized carbons (Fsp3) is 0.400. The number of ether oxygens (including phenoxy) is 1. The van der Waals surface area contributed by atoms with Crippen molar-refractivity contribution < 1.29 is 9.53 Å². The maximum Gasteiger partial charge on any atom is 0.154 e. The normalized spacial score (nSPS) is 15.2. The third kappa shape index (κ3) is 1.75. The van der Waals surface area contributed by atoms with Crippen LogP contribution in [0.15, 0.2) is 12.4 Å². The number of carbonyl (C=O) groups is 1. The molecule has 1 fully saturated rings. The van der Waals surface area contributed by atoms with Gasteiger partial charge in [0.1, 0.15) is 5.75 Å². The first-order chi connectivity index (χ1) is 6.85. The molecule has 74 valence electrons. The molecule has 1 heterocycles. The number of nitrogens with two attached hydrogens (primary N) is 1. The predicted octanol–water partition coefficient (Wildman–Crippen LogP) is 0.894. The van der Waals surface area contributed by atoms with E-state index in [2.05, 4.69) is 4.98 Å². The summed E-state index contributed by atoms with van der Waals surface area (Å²) in [5.41, 5.74) is 6.76. The van der Waals surface area contributed by atoms with Crippen LogP contribution in [-0.2, 0) is 6.54 Å². The molecule has 0 amide bonds. The summed E-state index contributed by atoms with van der Waals surface area (Å²) in [6, 6.07) is 0. The first-order valence-electron chi connectivity index (χ1n) is 4.64. The third-order valence-corrected chi connectivity index (χ3v) is 2.19. The van der Waals surface area contributed by atoms with E-state index in [1.165, 1.54) is 0 Å². The molecular weight excluding hydrogens is 180 g/mol. The summed E-state index contributed by atoms with van der Waals surface area (Å²) in [5.74, 6) is 0.561. The van der Waals surface area contributed by atoms with Gasteiger partial charge < -0.3 is 10.5 Å². The Labute approximate surface area is 82.1 Å². The zero-order chi connectivity index (χ0) is 9.97. The first-order valence-corrected chi connectivity index (χ1v) is 4.64. The van der Waals surface area contributed by atoms with Crippen LogP contribution in [0.5, 0.6) is 5.75 Å². The summed E-state index contributed by atoms with van der Waals surface area (Å²) in [5, 5.41) is 0. The first kappa shape index (κ1) is 9.15. The molecule has 0 aliphatic heterocycles. The van der Waals surface area contributed by atoms with E-state index in [0.717, 1.165) is 24.7 Å². The SMILES string of the molecule is NCc1cncc(OC2CC2)c1C=O. The summed E-state index contributed by atoms with van der Waals surface area (Å²) in [6.45, 7) is 0.308. The molecule has 2 N–H and O–H groups in total. The molecule has 4 heteroatoms. The Balaban J connectivity index is 2.30. The molecular formula is C10H12N2O2. The van der Waals surface area contributed by atoms with E-state index in [-0.39, 0.29) is 6.10 Å². The van der Waals surface area contributed by atoms with Gasteiger partial charge in [-0.25, -0.2) is 0 Å². The standard InChI is InChI=1S/C10H12N2O2/c11-3-7-4-12-5-10(9(7)6-13)14-8-1-2-8/h4-6,8H,1-3,11H2. The number of carbonyl (C=O) groups excluding carboxylic acids is 1. The molecule has 0 saturated heterocycles. The van der Waals surface area contributed by atoms with Gasteiger partial charge in [-0.1, -0.05) is 0 Å². The molecule has 1 saturated carbocycles. The van der Waals surface area contributed by atoms with Gasteiger partial charge in [0.15, 0.2) is 6.29 Å². The Hall–Kier alpha value is -1.42. The van der Waals surface area contributed by atoms with Crippen molar-refractivity contribution in [1.82, 2.24) is 4.98 Å². The van der Waals surface area contributed by atoms with Crippen LogP contribution >= 0.6 is 0 Å². The van der Waals surface area contributed by atoms with Gasteiger partial charge in [0.2, 0.25) is 0 Å². The van der Waals surface area contributed by atoms with Crippen LogP contribution in [0, 0.1) is 0 Å². The number of aldehydes is 1. The second-order valence-corrected chi connectivity index (χ2v) is 3.35. The van der Waals surface area contributed by atoms with Crippen molar-refractivity contribution in [2.45, 2.75) is 25.5 Å². The van der Waals surface area contributed by atoms with Gasteiger partial charge in [0.25, 0.3) is 0 Å². The summed E-state index contributed by atoms with van der Waals surface area (Å²) in [6.07, 6.45) is 6.34. The average molecular weight is 192 g/mol. The molecule has 1 aromatic rings. The highest BCUT2D eigenvalue weighted by atomic mass is 16.5. The molecule has 0 spiro atoms. The van der Waals surface area contributed by atoms with Gasteiger partial charge in [-0.15, -0.1) is 0 Å². The lowest BCUT2D eigenvalue weighted by Crippen LogP contribution is -2.06. The highest BCUT2D eigenvalue weighted by Crippen LogP contribution is 2.28. The fourth-order valence-electron chi connectivity index (χ4n) is 1.25. The Bertz CT molecular complexity index is 348. The summed E-state index contributed by atoms with van der Waals surface area (Å²) in [4.78, 5) is 14.8. The van der Waals surface area contributed by atoms with Crippen LogP contribution in [0.25, 0.3) is 0 Å². The monoisotopic (exact) mass is 192 g/mol. The number of rotatable bonds is 4. The van der Waals surface area contributed by atoms with Gasteiger partial charge in [-0.2, -0.15) is 0 Å². The van der Waals surface area contributed by atoms with E-state index < -0.39 is 0 Å². The lowest BCUT2D eigenvalue weighted by atomic mass is 10.1. The average Bonchev–Trinajstić information content (AvgIpc) is 3.01. The second kappa shape index (κ2) is 3.75.